The highest BCUT2D eigenvalue weighted by atomic mass is 127. The zero-order chi connectivity index (χ0) is 8.55. The zero-order valence-corrected chi connectivity index (χ0v) is 11.8. The van der Waals surface area contributed by atoms with Crippen LogP contribution >= 0.6 is 34.4 Å². The minimum atomic E-state index is -0.0112. The molecule has 1 N–H and O–H groups in total. The van der Waals surface area contributed by atoms with Crippen LogP contribution in [0.2, 0.25) is 0 Å². The third-order valence-corrected chi connectivity index (χ3v) is 3.99. The Kier molecular flexibility index (Phi) is 4.49. The maximum Gasteiger partial charge on any atom is 0.335 e. The van der Waals surface area contributed by atoms with Crippen LogP contribution in [0.15, 0.2) is 22.2 Å². The van der Waals surface area contributed by atoms with Gasteiger partial charge < -0.3 is 24.0 Å². The van der Waals surface area contributed by atoms with Crippen LogP contribution in [0, 0.1) is 0 Å². The van der Waals surface area contributed by atoms with Gasteiger partial charge in [0.05, 0.1) is 12.3 Å². The number of nitrogens with zero attached hydrogens (tertiary/aromatic N) is 1. The molecule has 0 amide bonds. The zero-order valence-electron chi connectivity index (χ0n) is 6.67. The lowest BCUT2D eigenvalue weighted by molar-refractivity contribution is -0.746. The molecule has 1 unspecified atom stereocenters. The lowest BCUT2D eigenvalue weighted by Gasteiger charge is -2.01. The summed E-state index contributed by atoms with van der Waals surface area (Å²) in [7, 11) is 0. The molecule has 13 heavy (non-hydrogen) atoms. The first-order valence-electron chi connectivity index (χ1n) is 3.64. The molecule has 1 aliphatic rings. The number of halogens is 2. The second kappa shape index (κ2) is 4.96. The highest BCUT2D eigenvalue weighted by Crippen LogP contribution is 2.23. The Hall–Kier alpha value is 0.690. The lowest BCUT2D eigenvalue weighted by atomic mass is 10.4. The molecule has 0 fully saturated rings. The summed E-state index contributed by atoms with van der Waals surface area (Å²) < 4.78 is 3.23. The van der Waals surface area contributed by atoms with E-state index >= 15 is 0 Å². The van der Waals surface area contributed by atoms with Crippen LogP contribution in [0.1, 0.15) is 6.04 Å². The summed E-state index contributed by atoms with van der Waals surface area (Å²) in [6.07, 6.45) is 1.87. The van der Waals surface area contributed by atoms with Crippen LogP contribution in [0.3, 0.4) is 0 Å². The Balaban J connectivity index is 0.000000845. The van der Waals surface area contributed by atoms with E-state index in [2.05, 4.69) is 32.1 Å². The van der Waals surface area contributed by atoms with Gasteiger partial charge >= 0.3 is 10.7 Å². The number of thioether (sulfide) groups is 1. The molecule has 1 atom stereocenters. The maximum absolute atomic E-state index is 10.9. The van der Waals surface area contributed by atoms with E-state index in [-0.39, 0.29) is 29.5 Å². The highest BCUT2D eigenvalue weighted by Gasteiger charge is 2.27. The van der Waals surface area contributed by atoms with E-state index in [1.807, 2.05) is 6.20 Å². The number of hydrogen-bond donors (Lipinski definition) is 1. The van der Waals surface area contributed by atoms with Crippen LogP contribution in [0.5, 0.6) is 0 Å². The fourth-order valence-electron chi connectivity index (χ4n) is 1.20. The van der Waals surface area contributed by atoms with Gasteiger partial charge in [0.1, 0.15) is 6.04 Å². The third-order valence-electron chi connectivity index (χ3n) is 1.84. The van der Waals surface area contributed by atoms with Crippen molar-refractivity contribution in [3.8, 4) is 0 Å². The number of aromatic amines is 1. The second-order valence-corrected chi connectivity index (χ2v) is 4.53. The average molecular weight is 422 g/mol. The molecule has 0 saturated carbocycles. The molecule has 0 aromatic carbocycles. The fraction of sp³-hybridized carbons (Fsp3) is 0.429. The smallest absolute Gasteiger partial charge is 0.335 e. The van der Waals surface area contributed by atoms with Gasteiger partial charge in [0.15, 0.2) is 0 Å². The topological polar surface area (TPSA) is 36.7 Å². The minimum Gasteiger partial charge on any atom is -1.00 e. The van der Waals surface area contributed by atoms with E-state index in [1.54, 1.807) is 17.8 Å². The normalized spacial score (nSPS) is 19.3. The highest BCUT2D eigenvalue weighted by molar-refractivity contribution is 14.1. The summed E-state index contributed by atoms with van der Waals surface area (Å²) in [5, 5.41) is 0.990. The Morgan fingerprint density at radius 2 is 2.54 bits per heavy atom. The Bertz CT molecular complexity index is 355. The van der Waals surface area contributed by atoms with Crippen LogP contribution in [0.4, 0.5) is 0 Å². The largest absolute Gasteiger partial charge is 1.00 e. The molecule has 0 bridgehead atoms. The molecule has 0 spiro atoms. The predicted octanol–water partition coefficient (Wildman–Crippen LogP) is -2.25. The molecule has 2 rings (SSSR count). The maximum atomic E-state index is 10.9. The first-order chi connectivity index (χ1) is 5.81. The Morgan fingerprint density at radius 1 is 1.77 bits per heavy atom. The van der Waals surface area contributed by atoms with Gasteiger partial charge in [-0.3, -0.25) is 0 Å². The Labute approximate surface area is 111 Å². The fourth-order valence-corrected chi connectivity index (χ4v) is 3.52. The van der Waals surface area contributed by atoms with Crippen LogP contribution in [-0.2, 0) is 0 Å². The molecule has 1 aliphatic heterocycles. The first kappa shape index (κ1) is 11.8. The molecule has 0 saturated heterocycles. The molecule has 72 valence electrons. The summed E-state index contributed by atoms with van der Waals surface area (Å²) in [5.41, 5.74) is -0.0112. The van der Waals surface area contributed by atoms with Gasteiger partial charge in [0, 0.05) is 10.2 Å². The molecule has 1 aromatic heterocycles. The van der Waals surface area contributed by atoms with Gasteiger partial charge in [-0.15, -0.1) is 0 Å². The molecule has 0 aliphatic carbocycles. The summed E-state index contributed by atoms with van der Waals surface area (Å²) >= 11 is 4.09. The number of nitrogens with one attached hydrogen (secondary N) is 1. The van der Waals surface area contributed by atoms with Crippen molar-refractivity contribution in [2.24, 2.45) is 0 Å². The number of alkyl halides is 1. The van der Waals surface area contributed by atoms with Crippen molar-refractivity contribution < 1.29 is 28.5 Å². The monoisotopic (exact) mass is 422 g/mol. The van der Waals surface area contributed by atoms with E-state index in [0.29, 0.717) is 6.04 Å². The number of H-pyrrole nitrogens is 1. The number of aromatic nitrogens is 2. The van der Waals surface area contributed by atoms with Crippen LogP contribution in [-0.4, -0.2) is 15.2 Å². The van der Waals surface area contributed by atoms with E-state index in [0.717, 1.165) is 15.3 Å². The molecule has 6 heteroatoms. The Morgan fingerprint density at radius 3 is 3.23 bits per heavy atom. The van der Waals surface area contributed by atoms with Crippen LogP contribution < -0.4 is 34.1 Å². The lowest BCUT2D eigenvalue weighted by Crippen LogP contribution is -3.00. The van der Waals surface area contributed by atoms with Gasteiger partial charge in [-0.2, -0.15) is 0 Å². The van der Waals surface area contributed by atoms with Gasteiger partial charge in [0.2, 0.25) is 0 Å². The molecule has 1 aromatic rings. The summed E-state index contributed by atoms with van der Waals surface area (Å²) in [6, 6.07) is 2.12. The molecule has 2 heterocycles. The SMILES string of the molecule is O=c1cc[n+]2c([nH]1)SCC2CI.[I-]. The molecular formula is C7H8I2N2OS. The van der Waals surface area contributed by atoms with Crippen molar-refractivity contribution in [2.45, 2.75) is 11.2 Å². The van der Waals surface area contributed by atoms with Crippen molar-refractivity contribution >= 4 is 34.4 Å². The van der Waals surface area contributed by atoms with Crippen molar-refractivity contribution in [1.29, 1.82) is 0 Å². The van der Waals surface area contributed by atoms with E-state index in [4.69, 9.17) is 0 Å². The van der Waals surface area contributed by atoms with E-state index in [1.165, 1.54) is 0 Å². The number of fused-ring (bicyclic) bond motifs is 1. The third kappa shape index (κ3) is 2.38. The quantitative estimate of drug-likeness (QED) is 0.241. The van der Waals surface area contributed by atoms with Gasteiger partial charge in [-0.1, -0.05) is 22.6 Å². The van der Waals surface area contributed by atoms with Crippen molar-refractivity contribution in [3.05, 3.63) is 22.6 Å². The molecule has 0 radical (unpaired) electrons. The van der Waals surface area contributed by atoms with Gasteiger partial charge in [-0.25, -0.2) is 14.3 Å². The first-order valence-corrected chi connectivity index (χ1v) is 6.15. The second-order valence-electron chi connectivity index (χ2n) is 2.64. The van der Waals surface area contributed by atoms with Crippen molar-refractivity contribution in [2.75, 3.05) is 10.2 Å². The minimum absolute atomic E-state index is 0. The van der Waals surface area contributed by atoms with Gasteiger partial charge in [0.25, 0.3) is 0 Å². The van der Waals surface area contributed by atoms with Crippen molar-refractivity contribution in [3.63, 3.8) is 0 Å². The number of rotatable bonds is 1. The van der Waals surface area contributed by atoms with Crippen molar-refractivity contribution in [1.82, 2.24) is 4.98 Å². The predicted molar refractivity (Wildman–Crippen MR) is 55.9 cm³/mol. The number of hydrogen-bond acceptors (Lipinski definition) is 2. The summed E-state index contributed by atoms with van der Waals surface area (Å²) in [6.45, 7) is 0. The van der Waals surface area contributed by atoms with Gasteiger partial charge in [-0.05, 0) is 11.8 Å². The van der Waals surface area contributed by atoms with E-state index in [9.17, 15) is 4.79 Å². The molecule has 3 nitrogen and oxygen atoms in total. The average Bonchev–Trinajstić information content (AvgIpc) is 2.46. The molecular weight excluding hydrogens is 414 g/mol. The standard InChI is InChI=1S/C7H7IN2OS.HI/c8-3-5-4-12-7-9-6(11)1-2-10(5)7;/h1-2,5H,3-4H2;1H. The summed E-state index contributed by atoms with van der Waals surface area (Å²) in [4.78, 5) is 13.8. The summed E-state index contributed by atoms with van der Waals surface area (Å²) in [5.74, 6) is 1.07. The van der Waals surface area contributed by atoms with Crippen LogP contribution in [0.25, 0.3) is 0 Å². The van der Waals surface area contributed by atoms with E-state index < -0.39 is 0 Å².